The maximum atomic E-state index is 12.0. The lowest BCUT2D eigenvalue weighted by Crippen LogP contribution is -2.50. The van der Waals surface area contributed by atoms with Crippen molar-refractivity contribution in [1.82, 2.24) is 9.88 Å². The van der Waals surface area contributed by atoms with Gasteiger partial charge in [0.25, 0.3) is 5.91 Å². The van der Waals surface area contributed by atoms with Crippen LogP contribution in [0.1, 0.15) is 29.9 Å². The monoisotopic (exact) mass is 236 g/mol. The Morgan fingerprint density at radius 2 is 1.94 bits per heavy atom. The predicted molar refractivity (Wildman–Crippen MR) is 62.8 cm³/mol. The van der Waals surface area contributed by atoms with Crippen LogP contribution in [0.3, 0.4) is 0 Å². The van der Waals surface area contributed by atoms with Gasteiger partial charge in [0.15, 0.2) is 0 Å². The van der Waals surface area contributed by atoms with Crippen molar-refractivity contribution in [2.24, 2.45) is 0 Å². The Kier molecular flexibility index (Phi) is 3.50. The van der Waals surface area contributed by atoms with E-state index in [2.05, 4.69) is 4.98 Å². The molecule has 1 heterocycles. The maximum Gasteiger partial charge on any atom is 0.329 e. The molecule has 0 radical (unpaired) electrons. The number of nitrogens with zero attached hydrogens (tertiary/aromatic N) is 2. The van der Waals surface area contributed by atoms with Gasteiger partial charge in [-0.15, -0.1) is 0 Å². The van der Waals surface area contributed by atoms with Gasteiger partial charge >= 0.3 is 5.97 Å². The topological polar surface area (TPSA) is 70.5 Å². The first-order chi connectivity index (χ1) is 7.76. The number of carbonyl (C=O) groups excluding carboxylic acids is 1. The first-order valence-electron chi connectivity index (χ1n) is 5.21. The number of hydrogen-bond acceptors (Lipinski definition) is 3. The Hall–Kier alpha value is -1.91. The lowest BCUT2D eigenvalue weighted by molar-refractivity contribution is -0.147. The van der Waals surface area contributed by atoms with Crippen LogP contribution in [0.4, 0.5) is 0 Å². The van der Waals surface area contributed by atoms with Crippen molar-refractivity contribution in [2.75, 3.05) is 7.05 Å². The van der Waals surface area contributed by atoms with Crippen molar-refractivity contribution in [3.63, 3.8) is 0 Å². The van der Waals surface area contributed by atoms with Crippen LogP contribution in [0.5, 0.6) is 0 Å². The van der Waals surface area contributed by atoms with E-state index in [1.807, 2.05) is 6.92 Å². The van der Waals surface area contributed by atoms with Crippen molar-refractivity contribution in [2.45, 2.75) is 26.3 Å². The van der Waals surface area contributed by atoms with E-state index in [-0.39, 0.29) is 5.91 Å². The molecule has 1 aromatic heterocycles. The molecule has 0 saturated heterocycles. The Labute approximate surface area is 100 Å². The largest absolute Gasteiger partial charge is 0.480 e. The minimum Gasteiger partial charge on any atom is -0.480 e. The second-order valence-corrected chi connectivity index (χ2v) is 4.42. The SMILES string of the molecule is Cc1ccc(C(=O)N(C)C(C)(C)C(=O)O)cn1. The Morgan fingerprint density at radius 3 is 2.35 bits per heavy atom. The smallest absolute Gasteiger partial charge is 0.329 e. The van der Waals surface area contributed by atoms with E-state index in [9.17, 15) is 9.59 Å². The van der Waals surface area contributed by atoms with Crippen LogP contribution in [0.15, 0.2) is 18.3 Å². The molecular formula is C12H16N2O3. The van der Waals surface area contributed by atoms with E-state index in [1.165, 1.54) is 32.0 Å². The molecule has 1 aromatic rings. The van der Waals surface area contributed by atoms with Crippen molar-refractivity contribution >= 4 is 11.9 Å². The first kappa shape index (κ1) is 13.2. The zero-order valence-corrected chi connectivity index (χ0v) is 10.4. The summed E-state index contributed by atoms with van der Waals surface area (Å²) in [6.07, 6.45) is 1.45. The molecule has 1 amide bonds. The highest BCUT2D eigenvalue weighted by Gasteiger charge is 2.35. The zero-order valence-electron chi connectivity index (χ0n) is 10.4. The first-order valence-corrected chi connectivity index (χ1v) is 5.21. The normalized spacial score (nSPS) is 11.1. The minimum absolute atomic E-state index is 0.357. The summed E-state index contributed by atoms with van der Waals surface area (Å²) in [6, 6.07) is 3.36. The molecule has 0 atom stereocenters. The highest BCUT2D eigenvalue weighted by atomic mass is 16.4. The molecule has 5 nitrogen and oxygen atoms in total. The van der Waals surface area contributed by atoms with Crippen molar-refractivity contribution in [3.8, 4) is 0 Å². The van der Waals surface area contributed by atoms with Crippen LogP contribution in [0, 0.1) is 6.92 Å². The fraction of sp³-hybridized carbons (Fsp3) is 0.417. The molecule has 0 bridgehead atoms. The summed E-state index contributed by atoms with van der Waals surface area (Å²) in [5, 5.41) is 9.04. The Bertz CT molecular complexity index is 438. The van der Waals surface area contributed by atoms with Gasteiger partial charge < -0.3 is 10.0 Å². The number of aryl methyl sites for hydroxylation is 1. The summed E-state index contributed by atoms with van der Waals surface area (Å²) in [7, 11) is 1.47. The van der Waals surface area contributed by atoms with Crippen molar-refractivity contribution < 1.29 is 14.7 Å². The number of rotatable bonds is 3. The molecule has 1 N–H and O–H groups in total. The quantitative estimate of drug-likeness (QED) is 0.859. The summed E-state index contributed by atoms with van der Waals surface area (Å²) in [5.74, 6) is -1.40. The standard InChI is InChI=1S/C12H16N2O3/c1-8-5-6-9(7-13-8)10(15)14(4)12(2,3)11(16)17/h5-7H,1-4H3,(H,16,17). The van der Waals surface area contributed by atoms with E-state index < -0.39 is 11.5 Å². The third kappa shape index (κ3) is 2.61. The molecule has 1 rings (SSSR count). The van der Waals surface area contributed by atoms with Crippen LogP contribution >= 0.6 is 0 Å². The lowest BCUT2D eigenvalue weighted by atomic mass is 10.0. The van der Waals surface area contributed by atoms with Crippen LogP contribution in [-0.4, -0.2) is 39.5 Å². The lowest BCUT2D eigenvalue weighted by Gasteiger charge is -2.31. The number of aliphatic carboxylic acids is 1. The van der Waals surface area contributed by atoms with Crippen LogP contribution in [0.25, 0.3) is 0 Å². The predicted octanol–water partition coefficient (Wildman–Crippen LogP) is 1.33. The van der Waals surface area contributed by atoms with Gasteiger partial charge in [-0.1, -0.05) is 0 Å². The summed E-state index contributed by atoms with van der Waals surface area (Å²) in [4.78, 5) is 28.3. The highest BCUT2D eigenvalue weighted by Crippen LogP contribution is 2.16. The molecular weight excluding hydrogens is 220 g/mol. The van der Waals surface area contributed by atoms with Gasteiger partial charge in [0, 0.05) is 18.9 Å². The van der Waals surface area contributed by atoms with E-state index in [1.54, 1.807) is 12.1 Å². The summed E-state index contributed by atoms with van der Waals surface area (Å²) >= 11 is 0. The molecule has 0 unspecified atom stereocenters. The van der Waals surface area contributed by atoms with Gasteiger partial charge in [0.2, 0.25) is 0 Å². The van der Waals surface area contributed by atoms with Crippen LogP contribution in [0.2, 0.25) is 0 Å². The van der Waals surface area contributed by atoms with Gasteiger partial charge in [-0.2, -0.15) is 0 Å². The number of pyridine rings is 1. The minimum atomic E-state index is -1.25. The zero-order chi connectivity index (χ0) is 13.2. The fourth-order valence-electron chi connectivity index (χ4n) is 1.19. The van der Waals surface area contributed by atoms with Gasteiger partial charge in [0.1, 0.15) is 5.54 Å². The van der Waals surface area contributed by atoms with Gasteiger partial charge in [0.05, 0.1) is 5.56 Å². The number of carboxylic acid groups (broad SMARTS) is 1. The Morgan fingerprint density at radius 1 is 1.35 bits per heavy atom. The van der Waals surface area contributed by atoms with E-state index >= 15 is 0 Å². The molecule has 0 spiro atoms. The van der Waals surface area contributed by atoms with E-state index in [0.717, 1.165) is 5.69 Å². The Balaban J connectivity index is 2.98. The van der Waals surface area contributed by atoms with Crippen LogP contribution < -0.4 is 0 Å². The van der Waals surface area contributed by atoms with Gasteiger partial charge in [-0.25, -0.2) is 4.79 Å². The molecule has 0 aliphatic rings. The summed E-state index contributed by atoms with van der Waals surface area (Å²) in [5.41, 5.74) is -0.0590. The third-order valence-corrected chi connectivity index (χ3v) is 2.82. The van der Waals surface area contributed by atoms with E-state index in [4.69, 9.17) is 5.11 Å². The maximum absolute atomic E-state index is 12.0. The molecule has 17 heavy (non-hydrogen) atoms. The van der Waals surface area contributed by atoms with Crippen molar-refractivity contribution in [1.29, 1.82) is 0 Å². The van der Waals surface area contributed by atoms with E-state index in [0.29, 0.717) is 5.56 Å². The van der Waals surface area contributed by atoms with Gasteiger partial charge in [-0.3, -0.25) is 9.78 Å². The number of likely N-dealkylation sites (N-methyl/N-ethyl adjacent to an activating group) is 1. The molecule has 92 valence electrons. The number of hydrogen-bond donors (Lipinski definition) is 1. The third-order valence-electron chi connectivity index (χ3n) is 2.82. The second-order valence-electron chi connectivity index (χ2n) is 4.42. The van der Waals surface area contributed by atoms with Crippen molar-refractivity contribution in [3.05, 3.63) is 29.6 Å². The molecule has 0 aliphatic heterocycles. The molecule has 0 fully saturated rings. The number of carboxylic acids is 1. The summed E-state index contributed by atoms with van der Waals surface area (Å²) in [6.45, 7) is 4.78. The van der Waals surface area contributed by atoms with Gasteiger partial charge in [-0.05, 0) is 32.9 Å². The molecule has 0 aromatic carbocycles. The summed E-state index contributed by atoms with van der Waals surface area (Å²) < 4.78 is 0. The number of amides is 1. The fourth-order valence-corrected chi connectivity index (χ4v) is 1.19. The molecule has 0 saturated carbocycles. The second kappa shape index (κ2) is 4.53. The average molecular weight is 236 g/mol. The molecule has 5 heteroatoms. The van der Waals surface area contributed by atoms with Crippen LogP contribution in [-0.2, 0) is 4.79 Å². The number of carbonyl (C=O) groups is 2. The number of aromatic nitrogens is 1. The highest BCUT2D eigenvalue weighted by molar-refractivity contribution is 5.97. The molecule has 0 aliphatic carbocycles. The average Bonchev–Trinajstić information content (AvgIpc) is 2.27.